The summed E-state index contributed by atoms with van der Waals surface area (Å²) >= 11 is 1.85. The minimum absolute atomic E-state index is 0.662. The summed E-state index contributed by atoms with van der Waals surface area (Å²) in [5.74, 6) is 0.662. The largest absolute Gasteiger partial charge is 0.378 e. The molecule has 1 heterocycles. The van der Waals surface area contributed by atoms with Gasteiger partial charge in [-0.25, -0.2) is 0 Å². The Morgan fingerprint density at radius 2 is 1.90 bits per heavy atom. The highest BCUT2D eigenvalue weighted by Crippen LogP contribution is 2.32. The van der Waals surface area contributed by atoms with Gasteiger partial charge in [-0.05, 0) is 36.6 Å². The molecule has 1 aliphatic heterocycles. The Morgan fingerprint density at radius 3 is 2.60 bits per heavy atom. The molecule has 0 saturated carbocycles. The number of nitrogens with zero attached hydrogens (tertiary/aromatic N) is 1. The molecule has 3 rings (SSSR count). The first-order valence-corrected chi connectivity index (χ1v) is 8.12. The molecule has 1 atom stereocenters. The van der Waals surface area contributed by atoms with Crippen molar-refractivity contribution < 1.29 is 4.74 Å². The number of anilines is 1. The monoisotopic (exact) mass is 287 g/mol. The Hall–Kier alpha value is -1.19. The molecule has 0 amide bonds. The Balaban J connectivity index is 1.65. The predicted octanol–water partition coefficient (Wildman–Crippen LogP) is 4.10. The van der Waals surface area contributed by atoms with E-state index in [1.54, 1.807) is 0 Å². The van der Waals surface area contributed by atoms with Gasteiger partial charge in [-0.15, -0.1) is 0 Å². The first-order chi connectivity index (χ1) is 9.81. The molecule has 0 spiro atoms. The van der Waals surface area contributed by atoms with Crippen molar-refractivity contribution in [2.75, 3.05) is 31.2 Å². The van der Waals surface area contributed by atoms with Crippen LogP contribution in [0.5, 0.6) is 0 Å². The molecular weight excluding hydrogens is 266 g/mol. The lowest BCUT2D eigenvalue weighted by atomic mass is 10.0. The van der Waals surface area contributed by atoms with Crippen LogP contribution >= 0.6 is 11.8 Å². The zero-order valence-corrected chi connectivity index (χ0v) is 12.7. The third kappa shape index (κ3) is 3.47. The van der Waals surface area contributed by atoms with Gasteiger partial charge in [-0.2, -0.15) is 0 Å². The van der Waals surface area contributed by atoms with E-state index in [0.717, 1.165) is 26.3 Å². The average molecular weight is 287 g/mol. The minimum Gasteiger partial charge on any atom is -0.378 e. The Bertz CT molecular complexity index is 500. The SMILES string of the molecule is CC1C=C(Sc2ccc(N3CCOCC3)cc2)C=CC1. The van der Waals surface area contributed by atoms with E-state index in [-0.39, 0.29) is 0 Å². The van der Waals surface area contributed by atoms with E-state index in [1.165, 1.54) is 21.9 Å². The van der Waals surface area contributed by atoms with Gasteiger partial charge in [0.25, 0.3) is 0 Å². The smallest absolute Gasteiger partial charge is 0.0642 e. The molecule has 0 aromatic heterocycles. The van der Waals surface area contributed by atoms with Crippen LogP contribution in [0.15, 0.2) is 52.3 Å². The molecule has 106 valence electrons. The number of allylic oxidation sites excluding steroid dienone is 3. The van der Waals surface area contributed by atoms with Gasteiger partial charge < -0.3 is 9.64 Å². The van der Waals surface area contributed by atoms with Crippen LogP contribution in [0.2, 0.25) is 0 Å². The van der Waals surface area contributed by atoms with E-state index >= 15 is 0 Å². The standard InChI is InChI=1S/C17H21NOS/c1-14-3-2-4-17(13-14)20-16-7-5-15(6-8-16)18-9-11-19-12-10-18/h2,4-8,13-14H,3,9-12H2,1H3. The summed E-state index contributed by atoms with van der Waals surface area (Å²) < 4.78 is 5.39. The topological polar surface area (TPSA) is 12.5 Å². The lowest BCUT2D eigenvalue weighted by Gasteiger charge is -2.28. The second kappa shape index (κ2) is 6.51. The van der Waals surface area contributed by atoms with Crippen LogP contribution in [-0.2, 0) is 4.74 Å². The number of rotatable bonds is 3. The van der Waals surface area contributed by atoms with E-state index in [0.29, 0.717) is 5.92 Å². The second-order valence-electron chi connectivity index (χ2n) is 5.38. The van der Waals surface area contributed by atoms with Gasteiger partial charge in [-0.1, -0.05) is 36.9 Å². The third-order valence-corrected chi connectivity index (χ3v) is 4.70. The fourth-order valence-electron chi connectivity index (χ4n) is 2.55. The normalized spacial score (nSPS) is 22.8. The number of ether oxygens (including phenoxy) is 1. The van der Waals surface area contributed by atoms with E-state index in [4.69, 9.17) is 4.74 Å². The van der Waals surface area contributed by atoms with Crippen LogP contribution in [0.4, 0.5) is 5.69 Å². The molecule has 2 aliphatic rings. The predicted molar refractivity (Wildman–Crippen MR) is 86.3 cm³/mol. The van der Waals surface area contributed by atoms with Gasteiger partial charge >= 0.3 is 0 Å². The van der Waals surface area contributed by atoms with Crippen LogP contribution in [0.25, 0.3) is 0 Å². The fraction of sp³-hybridized carbons (Fsp3) is 0.412. The number of benzene rings is 1. The molecule has 1 saturated heterocycles. The number of thioether (sulfide) groups is 1. The first kappa shape index (κ1) is 13.8. The lowest BCUT2D eigenvalue weighted by Crippen LogP contribution is -2.36. The number of morpholine rings is 1. The number of hydrogen-bond donors (Lipinski definition) is 0. The molecule has 2 nitrogen and oxygen atoms in total. The summed E-state index contributed by atoms with van der Waals surface area (Å²) in [5.41, 5.74) is 1.30. The molecule has 0 bridgehead atoms. The van der Waals surface area contributed by atoms with Crippen LogP contribution in [0.3, 0.4) is 0 Å². The summed E-state index contributed by atoms with van der Waals surface area (Å²) in [6.45, 7) is 5.94. The summed E-state index contributed by atoms with van der Waals surface area (Å²) in [5, 5.41) is 0. The van der Waals surface area contributed by atoms with Gasteiger partial charge in [0.1, 0.15) is 0 Å². The van der Waals surface area contributed by atoms with Crippen molar-refractivity contribution in [1.82, 2.24) is 0 Å². The Kier molecular flexibility index (Phi) is 4.48. The summed E-state index contributed by atoms with van der Waals surface area (Å²) in [6.07, 6.45) is 8.04. The highest BCUT2D eigenvalue weighted by atomic mass is 32.2. The molecule has 0 radical (unpaired) electrons. The van der Waals surface area contributed by atoms with Crippen molar-refractivity contribution in [3.63, 3.8) is 0 Å². The maximum atomic E-state index is 5.39. The number of hydrogen-bond acceptors (Lipinski definition) is 3. The molecule has 1 aromatic rings. The second-order valence-corrected chi connectivity index (χ2v) is 6.53. The van der Waals surface area contributed by atoms with Gasteiger partial charge in [0.15, 0.2) is 0 Å². The van der Waals surface area contributed by atoms with E-state index in [9.17, 15) is 0 Å². The van der Waals surface area contributed by atoms with Gasteiger partial charge in [-0.3, -0.25) is 0 Å². The zero-order valence-electron chi connectivity index (χ0n) is 11.9. The average Bonchev–Trinajstić information content (AvgIpc) is 2.49. The van der Waals surface area contributed by atoms with E-state index in [2.05, 4.69) is 54.3 Å². The maximum absolute atomic E-state index is 5.39. The molecule has 1 unspecified atom stereocenters. The maximum Gasteiger partial charge on any atom is 0.0642 e. The van der Waals surface area contributed by atoms with E-state index < -0.39 is 0 Å². The molecule has 1 aliphatic carbocycles. The van der Waals surface area contributed by atoms with Gasteiger partial charge in [0, 0.05) is 28.6 Å². The molecular formula is C17H21NOS. The Labute approximate surface area is 125 Å². The van der Waals surface area contributed by atoms with Crippen LogP contribution < -0.4 is 4.90 Å². The quantitative estimate of drug-likeness (QED) is 0.830. The summed E-state index contributed by atoms with van der Waals surface area (Å²) in [4.78, 5) is 5.06. The molecule has 1 aromatic carbocycles. The molecule has 1 fully saturated rings. The summed E-state index contributed by atoms with van der Waals surface area (Å²) in [7, 11) is 0. The van der Waals surface area contributed by atoms with Gasteiger partial charge in [0.05, 0.1) is 13.2 Å². The van der Waals surface area contributed by atoms with Crippen molar-refractivity contribution in [1.29, 1.82) is 0 Å². The van der Waals surface area contributed by atoms with Crippen LogP contribution in [0, 0.1) is 5.92 Å². The van der Waals surface area contributed by atoms with Crippen molar-refractivity contribution in [3.8, 4) is 0 Å². The van der Waals surface area contributed by atoms with Gasteiger partial charge in [0.2, 0.25) is 0 Å². The molecule has 20 heavy (non-hydrogen) atoms. The third-order valence-electron chi connectivity index (χ3n) is 3.69. The van der Waals surface area contributed by atoms with Crippen LogP contribution in [-0.4, -0.2) is 26.3 Å². The van der Waals surface area contributed by atoms with Crippen molar-refractivity contribution >= 4 is 17.4 Å². The highest BCUT2D eigenvalue weighted by molar-refractivity contribution is 8.03. The zero-order chi connectivity index (χ0) is 13.8. The van der Waals surface area contributed by atoms with Crippen LogP contribution in [0.1, 0.15) is 13.3 Å². The van der Waals surface area contributed by atoms with Crippen molar-refractivity contribution in [3.05, 3.63) is 47.4 Å². The van der Waals surface area contributed by atoms with Crippen molar-refractivity contribution in [2.24, 2.45) is 5.92 Å². The lowest BCUT2D eigenvalue weighted by molar-refractivity contribution is 0.122. The summed E-state index contributed by atoms with van der Waals surface area (Å²) in [6, 6.07) is 8.90. The Morgan fingerprint density at radius 1 is 1.15 bits per heavy atom. The van der Waals surface area contributed by atoms with E-state index in [1.807, 2.05) is 11.8 Å². The molecule has 3 heteroatoms. The highest BCUT2D eigenvalue weighted by Gasteiger charge is 2.11. The molecule has 0 N–H and O–H groups in total. The minimum atomic E-state index is 0.662. The van der Waals surface area contributed by atoms with Crippen molar-refractivity contribution in [2.45, 2.75) is 18.2 Å². The first-order valence-electron chi connectivity index (χ1n) is 7.30. The fourth-order valence-corrected chi connectivity index (χ4v) is 3.56.